The van der Waals surface area contributed by atoms with Crippen molar-refractivity contribution in [3.05, 3.63) is 59.9 Å². The normalized spacial score (nSPS) is 12.7. The van der Waals surface area contributed by atoms with Gasteiger partial charge in [-0.1, -0.05) is 44.2 Å². The molecule has 1 N–H and O–H groups in total. The lowest BCUT2D eigenvalue weighted by Gasteiger charge is -2.24. The summed E-state index contributed by atoms with van der Waals surface area (Å²) in [4.78, 5) is 30.2. The van der Waals surface area contributed by atoms with Gasteiger partial charge in [0.1, 0.15) is 11.6 Å². The second kappa shape index (κ2) is 9.29. The van der Waals surface area contributed by atoms with Crippen LogP contribution in [0.1, 0.15) is 50.5 Å². The van der Waals surface area contributed by atoms with E-state index >= 15 is 0 Å². The molecule has 0 unspecified atom stereocenters. The van der Waals surface area contributed by atoms with E-state index in [9.17, 15) is 9.59 Å². The molecule has 1 aromatic carbocycles. The first kappa shape index (κ1) is 22.5. The molecule has 2 heterocycles. The zero-order chi connectivity index (χ0) is 22.6. The summed E-state index contributed by atoms with van der Waals surface area (Å²) in [5.74, 6) is -0.415. The van der Waals surface area contributed by atoms with Gasteiger partial charge in [0.25, 0.3) is 5.91 Å². The second-order valence-corrected chi connectivity index (χ2v) is 9.11. The van der Waals surface area contributed by atoms with E-state index in [-0.39, 0.29) is 5.91 Å². The van der Waals surface area contributed by atoms with Gasteiger partial charge < -0.3 is 10.1 Å². The lowest BCUT2D eigenvalue weighted by molar-refractivity contribution is -0.157. The number of carbonyl (C=O) groups excluding carboxylic acids is 2. The minimum absolute atomic E-state index is 0.337. The molecule has 3 rings (SSSR count). The van der Waals surface area contributed by atoms with Crippen LogP contribution in [-0.4, -0.2) is 38.3 Å². The van der Waals surface area contributed by atoms with Gasteiger partial charge in [-0.3, -0.25) is 4.79 Å². The summed E-state index contributed by atoms with van der Waals surface area (Å²) in [7, 11) is 0. The van der Waals surface area contributed by atoms with Crippen LogP contribution >= 0.6 is 0 Å². The average Bonchev–Trinajstić information content (AvgIpc) is 3.08. The van der Waals surface area contributed by atoms with E-state index in [2.05, 4.69) is 29.2 Å². The Hall–Kier alpha value is -3.22. The highest BCUT2D eigenvalue weighted by molar-refractivity contribution is 5.98. The monoisotopic (exact) mass is 422 g/mol. The molecule has 1 atom stereocenters. The molecular weight excluding hydrogens is 392 g/mol. The fourth-order valence-corrected chi connectivity index (χ4v) is 3.23. The van der Waals surface area contributed by atoms with Crippen molar-refractivity contribution in [2.45, 2.75) is 59.2 Å². The summed E-state index contributed by atoms with van der Waals surface area (Å²) >= 11 is 0. The van der Waals surface area contributed by atoms with Gasteiger partial charge in [-0.05, 0) is 38.3 Å². The van der Waals surface area contributed by atoms with Crippen LogP contribution < -0.4 is 5.32 Å². The van der Waals surface area contributed by atoms with Gasteiger partial charge in [0.2, 0.25) is 0 Å². The van der Waals surface area contributed by atoms with Crippen molar-refractivity contribution in [2.24, 2.45) is 5.92 Å². The van der Waals surface area contributed by atoms with Crippen molar-refractivity contribution >= 4 is 22.9 Å². The first-order chi connectivity index (χ1) is 14.6. The largest absolute Gasteiger partial charge is 0.458 e. The minimum Gasteiger partial charge on any atom is -0.458 e. The minimum atomic E-state index is -0.812. The molecule has 0 fully saturated rings. The highest BCUT2D eigenvalue weighted by Gasteiger charge is 2.27. The number of hydrogen-bond acceptors (Lipinski definition) is 5. The van der Waals surface area contributed by atoms with E-state index in [1.807, 2.05) is 35.0 Å². The SMILES string of the molecule is CC(C)Cn1ncc2cc(C(=O)N[C@@H](Cc3ccccc3)C(=O)OC(C)(C)C)cnc21. The molecule has 1 amide bonds. The van der Waals surface area contributed by atoms with Crippen molar-refractivity contribution < 1.29 is 14.3 Å². The third-order valence-corrected chi connectivity index (χ3v) is 4.56. The van der Waals surface area contributed by atoms with Crippen molar-refractivity contribution in [2.75, 3.05) is 0 Å². The van der Waals surface area contributed by atoms with Crippen LogP contribution in [-0.2, 0) is 22.5 Å². The number of benzene rings is 1. The Morgan fingerprint density at radius 1 is 1.13 bits per heavy atom. The molecule has 2 aromatic heterocycles. The quantitative estimate of drug-likeness (QED) is 0.586. The molecule has 0 spiro atoms. The summed E-state index contributed by atoms with van der Waals surface area (Å²) in [6.45, 7) is 10.4. The molecule has 0 bridgehead atoms. The number of rotatable bonds is 7. The van der Waals surface area contributed by atoms with Gasteiger partial charge in [0, 0.05) is 24.5 Å². The summed E-state index contributed by atoms with van der Waals surface area (Å²) in [5.41, 5.74) is 1.39. The first-order valence-corrected chi connectivity index (χ1v) is 10.5. The van der Waals surface area contributed by atoms with Crippen LogP contribution in [0.15, 0.2) is 48.8 Å². The number of pyridine rings is 1. The molecule has 3 aromatic rings. The van der Waals surface area contributed by atoms with Crippen LogP contribution in [0.2, 0.25) is 0 Å². The van der Waals surface area contributed by atoms with Crippen LogP contribution in [0, 0.1) is 5.92 Å². The van der Waals surface area contributed by atoms with Crippen LogP contribution in [0.3, 0.4) is 0 Å². The molecule has 0 aliphatic rings. The Balaban J connectivity index is 1.81. The fraction of sp³-hybridized carbons (Fsp3) is 0.417. The highest BCUT2D eigenvalue weighted by Crippen LogP contribution is 2.16. The highest BCUT2D eigenvalue weighted by atomic mass is 16.6. The Morgan fingerprint density at radius 2 is 1.84 bits per heavy atom. The Labute approximate surface area is 182 Å². The van der Waals surface area contributed by atoms with Crippen LogP contribution in [0.25, 0.3) is 11.0 Å². The fourth-order valence-electron chi connectivity index (χ4n) is 3.23. The number of ether oxygens (including phenoxy) is 1. The number of hydrogen-bond donors (Lipinski definition) is 1. The van der Waals surface area contributed by atoms with Crippen molar-refractivity contribution in [3.8, 4) is 0 Å². The van der Waals surface area contributed by atoms with E-state index in [1.54, 1.807) is 33.0 Å². The second-order valence-electron chi connectivity index (χ2n) is 9.11. The van der Waals surface area contributed by atoms with Crippen LogP contribution in [0.4, 0.5) is 0 Å². The molecule has 7 heteroatoms. The maximum Gasteiger partial charge on any atom is 0.329 e. The number of amides is 1. The Bertz CT molecular complexity index is 1050. The Kier molecular flexibility index (Phi) is 6.73. The van der Waals surface area contributed by atoms with Gasteiger partial charge >= 0.3 is 5.97 Å². The van der Waals surface area contributed by atoms with E-state index in [1.165, 1.54) is 6.20 Å². The molecule has 0 saturated carbocycles. The van der Waals surface area contributed by atoms with Crippen LogP contribution in [0.5, 0.6) is 0 Å². The van der Waals surface area contributed by atoms with Gasteiger partial charge in [-0.2, -0.15) is 5.10 Å². The van der Waals surface area contributed by atoms with Crippen molar-refractivity contribution in [1.82, 2.24) is 20.1 Å². The average molecular weight is 423 g/mol. The standard InChI is InChI=1S/C24H30N4O3/c1-16(2)15-28-21-18(14-26-28)12-19(13-25-21)22(29)27-20(23(30)31-24(3,4)5)11-17-9-7-6-8-10-17/h6-10,12-14,16,20H,11,15H2,1-5H3,(H,27,29)/t20-/m0/s1. The summed E-state index contributed by atoms with van der Waals surface area (Å²) in [6.07, 6.45) is 3.56. The van der Waals surface area contributed by atoms with E-state index < -0.39 is 17.6 Å². The number of nitrogens with one attached hydrogen (secondary N) is 1. The summed E-state index contributed by atoms with van der Waals surface area (Å²) in [5, 5.41) is 7.98. The maximum absolute atomic E-state index is 13.0. The zero-order valence-electron chi connectivity index (χ0n) is 18.8. The lowest BCUT2D eigenvalue weighted by atomic mass is 10.0. The van der Waals surface area contributed by atoms with Gasteiger partial charge in [-0.25, -0.2) is 14.5 Å². The summed E-state index contributed by atoms with van der Waals surface area (Å²) in [6, 6.07) is 10.5. The number of carbonyl (C=O) groups is 2. The van der Waals surface area contributed by atoms with Crippen molar-refractivity contribution in [1.29, 1.82) is 0 Å². The number of fused-ring (bicyclic) bond motifs is 1. The number of esters is 1. The molecule has 0 aliphatic heterocycles. The summed E-state index contributed by atoms with van der Waals surface area (Å²) < 4.78 is 7.37. The van der Waals surface area contributed by atoms with E-state index in [0.29, 0.717) is 17.9 Å². The first-order valence-electron chi connectivity index (χ1n) is 10.5. The Morgan fingerprint density at radius 3 is 2.48 bits per heavy atom. The van der Waals surface area contributed by atoms with E-state index in [0.717, 1.165) is 23.1 Å². The van der Waals surface area contributed by atoms with Crippen molar-refractivity contribution in [3.63, 3.8) is 0 Å². The van der Waals surface area contributed by atoms with Gasteiger partial charge in [0.05, 0.1) is 11.8 Å². The molecule has 7 nitrogen and oxygen atoms in total. The zero-order valence-corrected chi connectivity index (χ0v) is 18.8. The topological polar surface area (TPSA) is 86.1 Å². The maximum atomic E-state index is 13.0. The van der Waals surface area contributed by atoms with Gasteiger partial charge in [-0.15, -0.1) is 0 Å². The molecule has 31 heavy (non-hydrogen) atoms. The third kappa shape index (κ3) is 6.13. The smallest absolute Gasteiger partial charge is 0.329 e. The molecular formula is C24H30N4O3. The molecule has 0 saturated heterocycles. The molecule has 164 valence electrons. The lowest BCUT2D eigenvalue weighted by Crippen LogP contribution is -2.45. The number of aromatic nitrogens is 3. The predicted octanol–water partition coefficient (Wildman–Crippen LogP) is 3.77. The number of nitrogens with zero attached hydrogens (tertiary/aromatic N) is 3. The predicted molar refractivity (Wildman–Crippen MR) is 120 cm³/mol. The molecule has 0 aliphatic carbocycles. The van der Waals surface area contributed by atoms with Gasteiger partial charge in [0.15, 0.2) is 5.65 Å². The van der Waals surface area contributed by atoms with E-state index in [4.69, 9.17) is 4.74 Å². The third-order valence-electron chi connectivity index (χ3n) is 4.56. The molecule has 0 radical (unpaired) electrons.